The molecule has 2 aromatic rings. The van der Waals surface area contributed by atoms with E-state index in [0.717, 1.165) is 5.56 Å². The number of rotatable bonds is 4. The molecular weight excluding hydrogens is 258 g/mol. The Morgan fingerprint density at radius 1 is 0.950 bits per heavy atom. The van der Waals surface area contributed by atoms with Crippen molar-refractivity contribution in [1.82, 2.24) is 0 Å². The van der Waals surface area contributed by atoms with Crippen molar-refractivity contribution in [2.45, 2.75) is 25.7 Å². The molecule has 0 fully saturated rings. The van der Waals surface area contributed by atoms with Gasteiger partial charge in [-0.3, -0.25) is 4.79 Å². The third-order valence-corrected chi connectivity index (χ3v) is 3.59. The third kappa shape index (κ3) is 2.77. The Bertz CT molecular complexity index is 598. The first-order chi connectivity index (χ1) is 9.43. The van der Waals surface area contributed by atoms with Gasteiger partial charge in [0.25, 0.3) is 0 Å². The van der Waals surface area contributed by atoms with Crippen LogP contribution in [0.1, 0.15) is 25.0 Å². The SMILES string of the molecule is CC(C)(C(=O)Cc1c(F)cccc1F)c1ccccc1. The molecule has 0 unspecified atom stereocenters. The van der Waals surface area contributed by atoms with E-state index in [4.69, 9.17) is 0 Å². The number of hydrogen-bond acceptors (Lipinski definition) is 1. The molecule has 20 heavy (non-hydrogen) atoms. The minimum absolute atomic E-state index is 0.165. The molecule has 2 aromatic carbocycles. The summed E-state index contributed by atoms with van der Waals surface area (Å²) in [5.41, 5.74) is -0.112. The van der Waals surface area contributed by atoms with Gasteiger partial charge in [0.15, 0.2) is 0 Å². The highest BCUT2D eigenvalue weighted by molar-refractivity contribution is 5.91. The lowest BCUT2D eigenvalue weighted by Gasteiger charge is -2.24. The first-order valence-corrected chi connectivity index (χ1v) is 6.44. The number of carbonyl (C=O) groups is 1. The van der Waals surface area contributed by atoms with Crippen LogP contribution >= 0.6 is 0 Å². The van der Waals surface area contributed by atoms with Gasteiger partial charge in [0, 0.05) is 17.4 Å². The number of ketones is 1. The molecule has 0 saturated carbocycles. The molecule has 0 heterocycles. The van der Waals surface area contributed by atoms with E-state index >= 15 is 0 Å². The van der Waals surface area contributed by atoms with Crippen LogP contribution in [0.2, 0.25) is 0 Å². The Kier molecular flexibility index (Phi) is 3.98. The van der Waals surface area contributed by atoms with E-state index in [9.17, 15) is 13.6 Å². The van der Waals surface area contributed by atoms with E-state index in [1.54, 1.807) is 13.8 Å². The smallest absolute Gasteiger partial charge is 0.147 e. The zero-order valence-corrected chi connectivity index (χ0v) is 11.5. The second-order valence-corrected chi connectivity index (χ2v) is 5.29. The summed E-state index contributed by atoms with van der Waals surface area (Å²) in [5.74, 6) is -1.57. The maximum Gasteiger partial charge on any atom is 0.147 e. The molecule has 0 saturated heterocycles. The lowest BCUT2D eigenvalue weighted by Crippen LogP contribution is -2.31. The fraction of sp³-hybridized carbons (Fsp3) is 0.235. The van der Waals surface area contributed by atoms with Crippen LogP contribution in [-0.4, -0.2) is 5.78 Å². The van der Waals surface area contributed by atoms with E-state index in [2.05, 4.69) is 0 Å². The Morgan fingerprint density at radius 3 is 2.05 bits per heavy atom. The molecule has 0 aliphatic rings. The molecule has 0 aliphatic carbocycles. The van der Waals surface area contributed by atoms with Gasteiger partial charge in [0.2, 0.25) is 0 Å². The highest BCUT2D eigenvalue weighted by Gasteiger charge is 2.30. The summed E-state index contributed by atoms with van der Waals surface area (Å²) < 4.78 is 27.2. The topological polar surface area (TPSA) is 17.1 Å². The molecule has 0 bridgehead atoms. The summed E-state index contributed by atoms with van der Waals surface area (Å²) >= 11 is 0. The van der Waals surface area contributed by atoms with Crippen molar-refractivity contribution < 1.29 is 13.6 Å². The molecule has 2 rings (SSSR count). The normalized spacial score (nSPS) is 11.4. The van der Waals surface area contributed by atoms with Gasteiger partial charge < -0.3 is 0 Å². The van der Waals surface area contributed by atoms with Crippen molar-refractivity contribution in [3.8, 4) is 0 Å². The zero-order chi connectivity index (χ0) is 14.8. The average molecular weight is 274 g/mol. The largest absolute Gasteiger partial charge is 0.298 e. The molecule has 1 nitrogen and oxygen atoms in total. The van der Waals surface area contributed by atoms with Gasteiger partial charge in [0.1, 0.15) is 17.4 Å². The van der Waals surface area contributed by atoms with Crippen LogP contribution in [0.4, 0.5) is 8.78 Å². The van der Waals surface area contributed by atoms with E-state index in [1.807, 2.05) is 30.3 Å². The summed E-state index contributed by atoms with van der Waals surface area (Å²) in [5, 5.41) is 0. The molecule has 104 valence electrons. The molecule has 0 aromatic heterocycles. The Labute approximate surface area is 117 Å². The zero-order valence-electron chi connectivity index (χ0n) is 11.5. The molecule has 0 N–H and O–H groups in total. The maximum atomic E-state index is 13.6. The highest BCUT2D eigenvalue weighted by atomic mass is 19.1. The third-order valence-electron chi connectivity index (χ3n) is 3.59. The second kappa shape index (κ2) is 5.53. The summed E-state index contributed by atoms with van der Waals surface area (Å²) in [6.45, 7) is 3.53. The van der Waals surface area contributed by atoms with E-state index in [1.165, 1.54) is 18.2 Å². The first kappa shape index (κ1) is 14.4. The van der Waals surface area contributed by atoms with Crippen LogP contribution < -0.4 is 0 Å². The molecule has 0 aliphatic heterocycles. The van der Waals surface area contributed by atoms with Crippen LogP contribution in [0.15, 0.2) is 48.5 Å². The number of benzene rings is 2. The van der Waals surface area contributed by atoms with Crippen molar-refractivity contribution in [2.24, 2.45) is 0 Å². The Balaban J connectivity index is 2.28. The van der Waals surface area contributed by atoms with Gasteiger partial charge in [-0.1, -0.05) is 36.4 Å². The fourth-order valence-corrected chi connectivity index (χ4v) is 2.10. The average Bonchev–Trinajstić information content (AvgIpc) is 2.43. The molecule has 0 atom stereocenters. The van der Waals surface area contributed by atoms with E-state index in [-0.39, 0.29) is 17.8 Å². The van der Waals surface area contributed by atoms with Crippen LogP contribution in [0.25, 0.3) is 0 Å². The monoisotopic (exact) mass is 274 g/mol. The van der Waals surface area contributed by atoms with Gasteiger partial charge in [-0.2, -0.15) is 0 Å². The van der Waals surface area contributed by atoms with Crippen molar-refractivity contribution in [3.05, 3.63) is 71.3 Å². The Morgan fingerprint density at radius 2 is 1.50 bits per heavy atom. The summed E-state index contributed by atoms with van der Waals surface area (Å²) in [6, 6.07) is 12.9. The predicted octanol–water partition coefficient (Wildman–Crippen LogP) is 4.05. The molecular formula is C17H16F2O. The van der Waals surface area contributed by atoms with Gasteiger partial charge in [0.05, 0.1) is 0 Å². The number of carbonyl (C=O) groups excluding carboxylic acids is 1. The summed E-state index contributed by atoms with van der Waals surface area (Å²) in [7, 11) is 0. The molecule has 3 heteroatoms. The van der Waals surface area contributed by atoms with Gasteiger partial charge in [-0.25, -0.2) is 8.78 Å². The molecule has 0 spiro atoms. The van der Waals surface area contributed by atoms with Crippen molar-refractivity contribution in [2.75, 3.05) is 0 Å². The lowest BCUT2D eigenvalue weighted by molar-refractivity contribution is -0.122. The minimum atomic E-state index is -0.782. The van der Waals surface area contributed by atoms with Crippen molar-refractivity contribution in [1.29, 1.82) is 0 Å². The predicted molar refractivity (Wildman–Crippen MR) is 74.5 cm³/mol. The van der Waals surface area contributed by atoms with Crippen LogP contribution in [0.5, 0.6) is 0 Å². The van der Waals surface area contributed by atoms with Gasteiger partial charge in [-0.15, -0.1) is 0 Å². The minimum Gasteiger partial charge on any atom is -0.298 e. The van der Waals surface area contributed by atoms with Crippen molar-refractivity contribution >= 4 is 5.78 Å². The first-order valence-electron chi connectivity index (χ1n) is 6.44. The Hall–Kier alpha value is -2.03. The molecule has 0 radical (unpaired) electrons. The number of Topliss-reactive ketones (excluding diaryl/α,β-unsaturated/α-hetero) is 1. The van der Waals surface area contributed by atoms with Crippen molar-refractivity contribution in [3.63, 3.8) is 0 Å². The standard InChI is InChI=1S/C17H16F2O/c1-17(2,12-7-4-3-5-8-12)16(20)11-13-14(18)9-6-10-15(13)19/h3-10H,11H2,1-2H3. The maximum absolute atomic E-state index is 13.6. The highest BCUT2D eigenvalue weighted by Crippen LogP contribution is 2.26. The second-order valence-electron chi connectivity index (χ2n) is 5.29. The van der Waals surface area contributed by atoms with Gasteiger partial charge in [-0.05, 0) is 31.5 Å². The van der Waals surface area contributed by atoms with E-state index < -0.39 is 17.0 Å². The van der Waals surface area contributed by atoms with Crippen LogP contribution in [0, 0.1) is 11.6 Å². The summed E-state index contributed by atoms with van der Waals surface area (Å²) in [6.07, 6.45) is -0.250. The molecule has 0 amide bonds. The summed E-state index contributed by atoms with van der Waals surface area (Å²) in [4.78, 5) is 12.4. The fourth-order valence-electron chi connectivity index (χ4n) is 2.10. The van der Waals surface area contributed by atoms with E-state index in [0.29, 0.717) is 0 Å². The quantitative estimate of drug-likeness (QED) is 0.822. The van der Waals surface area contributed by atoms with Crippen LogP contribution in [0.3, 0.4) is 0 Å². The number of hydrogen-bond donors (Lipinski definition) is 0. The van der Waals surface area contributed by atoms with Crippen LogP contribution in [-0.2, 0) is 16.6 Å². The number of halogens is 2. The lowest BCUT2D eigenvalue weighted by atomic mass is 9.78. The van der Waals surface area contributed by atoms with Gasteiger partial charge >= 0.3 is 0 Å².